The summed E-state index contributed by atoms with van der Waals surface area (Å²) in [6, 6.07) is 20.0. The second-order valence-electron chi connectivity index (χ2n) is 6.77. The first kappa shape index (κ1) is 18.7. The van der Waals surface area contributed by atoms with E-state index in [1.807, 2.05) is 43.3 Å². The van der Waals surface area contributed by atoms with Crippen molar-refractivity contribution in [1.29, 1.82) is 5.26 Å². The van der Waals surface area contributed by atoms with Crippen molar-refractivity contribution in [3.63, 3.8) is 0 Å². The Labute approximate surface area is 160 Å². The summed E-state index contributed by atoms with van der Waals surface area (Å²) in [5, 5.41) is 12.2. The molecule has 2 aromatic carbocycles. The van der Waals surface area contributed by atoms with Crippen LogP contribution in [-0.4, -0.2) is 41.9 Å². The second-order valence-corrected chi connectivity index (χ2v) is 6.77. The molecule has 1 heterocycles. The van der Waals surface area contributed by atoms with Crippen LogP contribution < -0.4 is 5.32 Å². The third-order valence-corrected chi connectivity index (χ3v) is 4.64. The fourth-order valence-electron chi connectivity index (χ4n) is 3.05. The molecule has 2 aromatic rings. The van der Waals surface area contributed by atoms with Crippen molar-refractivity contribution in [2.45, 2.75) is 13.5 Å². The molecule has 1 fully saturated rings. The molecule has 1 aliphatic rings. The van der Waals surface area contributed by atoms with Crippen molar-refractivity contribution < 1.29 is 4.79 Å². The fourth-order valence-corrected chi connectivity index (χ4v) is 3.05. The van der Waals surface area contributed by atoms with Gasteiger partial charge in [-0.25, -0.2) is 0 Å². The number of amides is 1. The molecule has 1 aliphatic heterocycles. The molecule has 0 saturated carbocycles. The second kappa shape index (κ2) is 9.02. The van der Waals surface area contributed by atoms with Crippen LogP contribution in [0.4, 0.5) is 5.69 Å². The number of nitrogens with zero attached hydrogens (tertiary/aromatic N) is 3. The van der Waals surface area contributed by atoms with Crippen LogP contribution in [0.1, 0.15) is 11.1 Å². The molecular formula is C22H24N4O. The summed E-state index contributed by atoms with van der Waals surface area (Å²) in [5.41, 5.74) is 3.25. The lowest BCUT2D eigenvalue weighted by Crippen LogP contribution is -2.43. The summed E-state index contributed by atoms with van der Waals surface area (Å²) < 4.78 is 0. The summed E-state index contributed by atoms with van der Waals surface area (Å²) in [4.78, 5) is 16.8. The fraction of sp³-hybridized carbons (Fsp3) is 0.273. The Morgan fingerprint density at radius 3 is 2.37 bits per heavy atom. The molecule has 138 valence electrons. The molecule has 1 N–H and O–H groups in total. The van der Waals surface area contributed by atoms with Gasteiger partial charge in [0.2, 0.25) is 0 Å². The third-order valence-electron chi connectivity index (χ3n) is 4.64. The van der Waals surface area contributed by atoms with Crippen LogP contribution in [0.5, 0.6) is 0 Å². The van der Waals surface area contributed by atoms with E-state index in [4.69, 9.17) is 0 Å². The van der Waals surface area contributed by atoms with E-state index in [9.17, 15) is 10.1 Å². The molecule has 5 nitrogen and oxygen atoms in total. The Morgan fingerprint density at radius 2 is 1.74 bits per heavy atom. The van der Waals surface area contributed by atoms with Gasteiger partial charge in [0.05, 0.1) is 0 Å². The molecule has 3 rings (SSSR count). The first-order chi connectivity index (χ1) is 13.1. The van der Waals surface area contributed by atoms with Gasteiger partial charge in [0, 0.05) is 44.6 Å². The number of nitrogens with one attached hydrogen (secondary N) is 1. The van der Waals surface area contributed by atoms with Crippen LogP contribution in [-0.2, 0) is 11.3 Å². The van der Waals surface area contributed by atoms with Crippen molar-refractivity contribution in [2.75, 3.05) is 31.5 Å². The zero-order chi connectivity index (χ0) is 19.1. The summed E-state index contributed by atoms with van der Waals surface area (Å²) >= 11 is 0. The Kier molecular flexibility index (Phi) is 6.24. The largest absolute Gasteiger partial charge is 0.374 e. The highest BCUT2D eigenvalue weighted by Crippen LogP contribution is 2.12. The van der Waals surface area contributed by atoms with Crippen molar-refractivity contribution in [3.8, 4) is 6.07 Å². The molecule has 1 saturated heterocycles. The third kappa shape index (κ3) is 5.44. The summed E-state index contributed by atoms with van der Waals surface area (Å²) in [6.07, 6.45) is 1.68. The number of aryl methyl sites for hydroxylation is 1. The number of carbonyl (C=O) groups is 1. The van der Waals surface area contributed by atoms with E-state index in [0.717, 1.165) is 38.3 Å². The van der Waals surface area contributed by atoms with E-state index < -0.39 is 0 Å². The lowest BCUT2D eigenvalue weighted by Gasteiger charge is -2.34. The summed E-state index contributed by atoms with van der Waals surface area (Å²) in [6.45, 7) is 6.33. The molecule has 0 unspecified atom stereocenters. The van der Waals surface area contributed by atoms with Gasteiger partial charge in [0.15, 0.2) is 0 Å². The predicted octanol–water partition coefficient (Wildman–Crippen LogP) is 3.16. The van der Waals surface area contributed by atoms with Gasteiger partial charge in [-0.15, -0.1) is 0 Å². The zero-order valence-corrected chi connectivity index (χ0v) is 15.6. The van der Waals surface area contributed by atoms with Gasteiger partial charge >= 0.3 is 0 Å². The van der Waals surface area contributed by atoms with Gasteiger partial charge in [0.25, 0.3) is 5.91 Å². The SMILES string of the molecule is Cc1ccc(NC(=O)/C(C#N)=C\N2CCN(Cc3ccccc3)CC2)cc1. The number of carbonyl (C=O) groups excluding carboxylic acids is 1. The standard InChI is InChI=1S/C22H24N4O/c1-18-7-9-21(10-8-18)24-22(27)20(15-23)17-26-13-11-25(12-14-26)16-19-5-3-2-4-6-19/h2-10,17H,11-14,16H2,1H3,(H,24,27)/b20-17-. The number of hydrogen-bond acceptors (Lipinski definition) is 4. The zero-order valence-electron chi connectivity index (χ0n) is 15.6. The molecule has 0 atom stereocenters. The average Bonchev–Trinajstić information content (AvgIpc) is 2.70. The van der Waals surface area contributed by atoms with Crippen LogP contribution in [0, 0.1) is 18.3 Å². The van der Waals surface area contributed by atoms with Crippen molar-refractivity contribution in [2.24, 2.45) is 0 Å². The average molecular weight is 360 g/mol. The number of hydrogen-bond donors (Lipinski definition) is 1. The minimum absolute atomic E-state index is 0.132. The Morgan fingerprint density at radius 1 is 1.07 bits per heavy atom. The number of anilines is 1. The van der Waals surface area contributed by atoms with Crippen LogP contribution >= 0.6 is 0 Å². The molecule has 1 amide bonds. The number of benzene rings is 2. The molecule has 0 aliphatic carbocycles. The predicted molar refractivity (Wildman–Crippen MR) is 107 cm³/mol. The first-order valence-corrected chi connectivity index (χ1v) is 9.14. The van der Waals surface area contributed by atoms with Crippen LogP contribution in [0.2, 0.25) is 0 Å². The summed E-state index contributed by atoms with van der Waals surface area (Å²) in [5.74, 6) is -0.368. The monoisotopic (exact) mass is 360 g/mol. The van der Waals surface area contributed by atoms with Gasteiger partial charge in [-0.05, 0) is 24.6 Å². The molecule has 0 spiro atoms. The quantitative estimate of drug-likeness (QED) is 0.657. The van der Waals surface area contributed by atoms with Gasteiger partial charge in [-0.3, -0.25) is 9.69 Å². The number of piperazine rings is 1. The van der Waals surface area contributed by atoms with Crippen LogP contribution in [0.15, 0.2) is 66.4 Å². The van der Waals surface area contributed by atoms with Gasteiger partial charge in [-0.1, -0.05) is 48.0 Å². The van der Waals surface area contributed by atoms with E-state index in [2.05, 4.69) is 39.4 Å². The molecule has 0 aromatic heterocycles. The highest BCUT2D eigenvalue weighted by molar-refractivity contribution is 6.06. The number of rotatable bonds is 5. The van der Waals surface area contributed by atoms with E-state index in [0.29, 0.717) is 5.69 Å². The molecular weight excluding hydrogens is 336 g/mol. The highest BCUT2D eigenvalue weighted by Gasteiger charge is 2.17. The van der Waals surface area contributed by atoms with Gasteiger partial charge < -0.3 is 10.2 Å². The summed E-state index contributed by atoms with van der Waals surface area (Å²) in [7, 11) is 0. The van der Waals surface area contributed by atoms with E-state index >= 15 is 0 Å². The normalized spacial score (nSPS) is 15.3. The first-order valence-electron chi connectivity index (χ1n) is 9.14. The van der Waals surface area contributed by atoms with Crippen molar-refractivity contribution in [3.05, 3.63) is 77.5 Å². The Hall–Kier alpha value is -3.10. The van der Waals surface area contributed by atoms with Gasteiger partial charge in [-0.2, -0.15) is 5.26 Å². The molecule has 0 bridgehead atoms. The minimum Gasteiger partial charge on any atom is -0.374 e. The maximum Gasteiger partial charge on any atom is 0.267 e. The maximum absolute atomic E-state index is 12.4. The number of nitriles is 1. The lowest BCUT2D eigenvalue weighted by atomic mass is 10.2. The van der Waals surface area contributed by atoms with Crippen LogP contribution in [0.25, 0.3) is 0 Å². The lowest BCUT2D eigenvalue weighted by molar-refractivity contribution is -0.112. The molecule has 5 heteroatoms. The van der Waals surface area contributed by atoms with E-state index in [1.54, 1.807) is 6.20 Å². The minimum atomic E-state index is -0.368. The van der Waals surface area contributed by atoms with Crippen molar-refractivity contribution in [1.82, 2.24) is 9.80 Å². The van der Waals surface area contributed by atoms with Crippen LogP contribution in [0.3, 0.4) is 0 Å². The van der Waals surface area contributed by atoms with Gasteiger partial charge in [0.1, 0.15) is 11.6 Å². The highest BCUT2D eigenvalue weighted by atomic mass is 16.1. The van der Waals surface area contributed by atoms with Crippen molar-refractivity contribution >= 4 is 11.6 Å². The topological polar surface area (TPSA) is 59.4 Å². The molecule has 0 radical (unpaired) electrons. The molecule has 27 heavy (non-hydrogen) atoms. The smallest absolute Gasteiger partial charge is 0.267 e. The Bertz CT molecular complexity index is 829. The Balaban J connectivity index is 1.54. The van der Waals surface area contributed by atoms with E-state index in [1.165, 1.54) is 5.56 Å². The van der Waals surface area contributed by atoms with E-state index in [-0.39, 0.29) is 11.5 Å². The maximum atomic E-state index is 12.4.